The van der Waals surface area contributed by atoms with E-state index < -0.39 is 0 Å². The first-order valence-electron chi connectivity index (χ1n) is 11.5. The van der Waals surface area contributed by atoms with Crippen LogP contribution in [0, 0.1) is 13.8 Å². The molecule has 186 valence electrons. The number of nitrogens with zero attached hydrogens (tertiary/aromatic N) is 4. The average molecular weight is 521 g/mol. The van der Waals surface area contributed by atoms with Crippen molar-refractivity contribution in [2.45, 2.75) is 13.8 Å². The van der Waals surface area contributed by atoms with Crippen LogP contribution < -0.4 is 11.1 Å². The van der Waals surface area contributed by atoms with Gasteiger partial charge in [0, 0.05) is 48.4 Å². The molecule has 0 aliphatic heterocycles. The number of benzene rings is 2. The van der Waals surface area contributed by atoms with Gasteiger partial charge in [0.25, 0.3) is 11.1 Å². The van der Waals surface area contributed by atoms with Crippen molar-refractivity contribution in [3.63, 3.8) is 0 Å². The van der Waals surface area contributed by atoms with E-state index in [1.807, 2.05) is 74.5 Å². The van der Waals surface area contributed by atoms with Crippen LogP contribution in [0.1, 0.15) is 22.5 Å². The maximum Gasteiger partial charge on any atom is 0.280 e. The van der Waals surface area contributed by atoms with Gasteiger partial charge in [-0.05, 0) is 38.1 Å². The lowest BCUT2D eigenvalue weighted by Crippen LogP contribution is -2.17. The van der Waals surface area contributed by atoms with Crippen molar-refractivity contribution in [2.75, 3.05) is 24.6 Å². The number of H-pyrrole nitrogens is 2. The van der Waals surface area contributed by atoms with Crippen LogP contribution in [-0.2, 0) is 0 Å². The molecule has 2 heterocycles. The van der Waals surface area contributed by atoms with Crippen LogP contribution >= 0.6 is 21.6 Å². The zero-order valence-corrected chi connectivity index (χ0v) is 21.8. The van der Waals surface area contributed by atoms with Gasteiger partial charge in [-0.3, -0.25) is 29.8 Å². The fourth-order valence-corrected chi connectivity index (χ4v) is 5.30. The third-order valence-electron chi connectivity index (χ3n) is 5.39. The number of nitrogens with one attached hydrogen (secondary N) is 2. The third-order valence-corrected chi connectivity index (χ3v) is 7.76. The second-order valence-corrected chi connectivity index (χ2v) is 10.7. The summed E-state index contributed by atoms with van der Waals surface area (Å²) in [7, 11) is 3.44. The van der Waals surface area contributed by atoms with Crippen molar-refractivity contribution in [1.82, 2.24) is 19.6 Å². The van der Waals surface area contributed by atoms with Crippen LogP contribution in [0.5, 0.6) is 0 Å². The molecule has 2 aromatic heterocycles. The Morgan fingerprint density at radius 2 is 1.08 bits per heavy atom. The van der Waals surface area contributed by atoms with Gasteiger partial charge in [0.15, 0.2) is 0 Å². The van der Waals surface area contributed by atoms with Crippen molar-refractivity contribution in [1.29, 1.82) is 0 Å². The predicted molar refractivity (Wildman–Crippen MR) is 152 cm³/mol. The van der Waals surface area contributed by atoms with Crippen LogP contribution in [0.15, 0.2) is 80.2 Å². The van der Waals surface area contributed by atoms with Gasteiger partial charge in [-0.25, -0.2) is 9.36 Å². The highest BCUT2D eigenvalue weighted by molar-refractivity contribution is 8.76. The first kappa shape index (κ1) is 25.6. The first-order chi connectivity index (χ1) is 17.6. The average Bonchev–Trinajstić information content (AvgIpc) is 3.35. The highest BCUT2D eigenvalue weighted by Crippen LogP contribution is 2.20. The maximum atomic E-state index is 12.7. The molecule has 0 bridgehead atoms. The summed E-state index contributed by atoms with van der Waals surface area (Å²) in [5.74, 6) is 1.67. The van der Waals surface area contributed by atoms with Gasteiger partial charge in [-0.15, -0.1) is 0 Å². The van der Waals surface area contributed by atoms with E-state index in [0.29, 0.717) is 24.2 Å². The molecule has 4 rings (SSSR count). The minimum absolute atomic E-state index is 0.101. The number of aromatic nitrogens is 4. The summed E-state index contributed by atoms with van der Waals surface area (Å²) in [4.78, 5) is 34.2. The fraction of sp³-hybridized carbons (Fsp3) is 0.231. The molecule has 0 fully saturated rings. The number of rotatable bonds is 11. The highest BCUT2D eigenvalue weighted by atomic mass is 33.1. The van der Waals surface area contributed by atoms with E-state index in [0.717, 1.165) is 34.3 Å². The molecule has 0 radical (unpaired) electrons. The molecule has 4 aromatic rings. The van der Waals surface area contributed by atoms with Gasteiger partial charge in [0.05, 0.1) is 22.5 Å². The lowest BCUT2D eigenvalue weighted by molar-refractivity contribution is 0.835. The number of hydrogen-bond acceptors (Lipinski definition) is 6. The van der Waals surface area contributed by atoms with Crippen LogP contribution in [0.2, 0.25) is 0 Å². The van der Waals surface area contributed by atoms with E-state index in [4.69, 9.17) is 0 Å². The minimum Gasteiger partial charge on any atom is -0.295 e. The molecule has 0 unspecified atom stereocenters. The first-order valence-corrected chi connectivity index (χ1v) is 14.0. The summed E-state index contributed by atoms with van der Waals surface area (Å²) in [5.41, 5.74) is 4.14. The Hall–Kier alpha value is -3.50. The van der Waals surface area contributed by atoms with Gasteiger partial charge in [0.2, 0.25) is 0 Å². The van der Waals surface area contributed by atoms with Gasteiger partial charge in [-0.2, -0.15) is 0 Å². The molecule has 2 aromatic carbocycles. The Labute approximate surface area is 216 Å². The number of aromatic amines is 2. The van der Waals surface area contributed by atoms with Gasteiger partial charge >= 0.3 is 0 Å². The number of para-hydroxylation sites is 2. The van der Waals surface area contributed by atoms with Crippen molar-refractivity contribution < 1.29 is 0 Å². The largest absolute Gasteiger partial charge is 0.295 e. The molecule has 0 aliphatic rings. The van der Waals surface area contributed by atoms with Crippen LogP contribution in [-0.4, -0.2) is 56.6 Å². The molecular formula is C26H28N6O2S2. The molecule has 0 amide bonds. The monoisotopic (exact) mass is 520 g/mol. The Bertz CT molecular complexity index is 1340. The van der Waals surface area contributed by atoms with Crippen molar-refractivity contribution >= 4 is 34.0 Å². The van der Waals surface area contributed by atoms with E-state index in [1.165, 1.54) is 9.36 Å². The predicted octanol–water partition coefficient (Wildman–Crippen LogP) is 4.18. The molecule has 0 aliphatic carbocycles. The zero-order valence-electron chi connectivity index (χ0n) is 20.2. The van der Waals surface area contributed by atoms with Crippen LogP contribution in [0.3, 0.4) is 0 Å². The van der Waals surface area contributed by atoms with Crippen LogP contribution in [0.25, 0.3) is 11.4 Å². The minimum atomic E-state index is -0.101. The number of aryl methyl sites for hydroxylation is 2. The van der Waals surface area contributed by atoms with Crippen molar-refractivity contribution in [2.24, 2.45) is 9.98 Å². The van der Waals surface area contributed by atoms with E-state index in [1.54, 1.807) is 34.0 Å². The smallest absolute Gasteiger partial charge is 0.280 e. The normalized spacial score (nSPS) is 11.7. The topological polar surface area (TPSA) is 100 Å². The molecule has 8 nitrogen and oxygen atoms in total. The quantitative estimate of drug-likeness (QED) is 0.176. The summed E-state index contributed by atoms with van der Waals surface area (Å²) in [6.45, 7) is 4.99. The van der Waals surface area contributed by atoms with Crippen molar-refractivity contribution in [3.05, 3.63) is 104 Å². The molecule has 2 N–H and O–H groups in total. The van der Waals surface area contributed by atoms with E-state index in [9.17, 15) is 9.59 Å². The fourth-order valence-electron chi connectivity index (χ4n) is 3.55. The van der Waals surface area contributed by atoms with Gasteiger partial charge < -0.3 is 0 Å². The summed E-state index contributed by atoms with van der Waals surface area (Å²) in [5, 5.41) is 6.21. The summed E-state index contributed by atoms with van der Waals surface area (Å²) in [6, 6.07) is 19.0. The molecule has 36 heavy (non-hydrogen) atoms. The second kappa shape index (κ2) is 12.5. The summed E-state index contributed by atoms with van der Waals surface area (Å²) < 4.78 is 3.07. The van der Waals surface area contributed by atoms with E-state index >= 15 is 0 Å². The molecule has 0 saturated heterocycles. The highest BCUT2D eigenvalue weighted by Gasteiger charge is 2.11. The Morgan fingerprint density at radius 1 is 0.694 bits per heavy atom. The van der Waals surface area contributed by atoms with Gasteiger partial charge in [-0.1, -0.05) is 58.0 Å². The zero-order chi connectivity index (χ0) is 25.3. The van der Waals surface area contributed by atoms with Crippen molar-refractivity contribution in [3.8, 4) is 11.4 Å². The number of aliphatic imine (C=N–C) groups is 2. The lowest BCUT2D eigenvalue weighted by Gasteiger charge is -1.99. The third kappa shape index (κ3) is 6.19. The van der Waals surface area contributed by atoms with E-state index in [2.05, 4.69) is 20.2 Å². The SMILES string of the molecule is Cc1[nH]n(-c2ccccc2)c(=O)c1C=NCCSSCCN=Cc1c(C)[nH]n(-c2ccccc2)c1=O. The Balaban J connectivity index is 1.19. The second-order valence-electron chi connectivity index (χ2n) is 7.97. The Kier molecular flexibility index (Phi) is 8.85. The molecule has 10 heteroatoms. The molecule has 0 saturated carbocycles. The van der Waals surface area contributed by atoms with Gasteiger partial charge in [0.1, 0.15) is 0 Å². The lowest BCUT2D eigenvalue weighted by atomic mass is 10.3. The molecule has 0 spiro atoms. The van der Waals surface area contributed by atoms with Crippen LogP contribution in [0.4, 0.5) is 0 Å². The standard InChI is InChI=1S/C26H28N6O2S2/c1-19-23(25(33)31(29-19)21-9-5-3-6-10-21)17-27-13-15-35-36-16-14-28-18-24-20(2)30-32(26(24)34)22-11-7-4-8-12-22/h3-12,17-18,29-30H,13-16H2,1-2H3. The number of hydrogen-bond donors (Lipinski definition) is 2. The summed E-state index contributed by atoms with van der Waals surface area (Å²) >= 11 is 0. The molecule has 0 atom stereocenters. The Morgan fingerprint density at radius 3 is 1.47 bits per heavy atom. The molecular weight excluding hydrogens is 492 g/mol. The maximum absolute atomic E-state index is 12.7. The summed E-state index contributed by atoms with van der Waals surface area (Å²) in [6.07, 6.45) is 3.31. The van der Waals surface area contributed by atoms with E-state index in [-0.39, 0.29) is 11.1 Å².